The van der Waals surface area contributed by atoms with Gasteiger partial charge in [0.25, 0.3) is 0 Å². The molecular weight excluding hydrogens is 186 g/mol. The molecule has 2 heteroatoms. The Bertz CT molecular complexity index is 358. The van der Waals surface area contributed by atoms with Crippen molar-refractivity contribution in [2.45, 2.75) is 33.6 Å². The molecule has 0 spiro atoms. The highest BCUT2D eigenvalue weighted by Crippen LogP contribution is 2.18. The Labute approximate surface area is 91.5 Å². The van der Waals surface area contributed by atoms with Crippen LogP contribution in [0.3, 0.4) is 0 Å². The van der Waals surface area contributed by atoms with Gasteiger partial charge in [-0.05, 0) is 37.1 Å². The number of carbonyl (C=O) groups excluding carboxylic acids is 1. The maximum atomic E-state index is 12.0. The van der Waals surface area contributed by atoms with Crippen molar-refractivity contribution in [3.63, 3.8) is 0 Å². The van der Waals surface area contributed by atoms with E-state index in [4.69, 9.17) is 5.73 Å². The predicted molar refractivity (Wildman–Crippen MR) is 64.0 cm³/mol. The van der Waals surface area contributed by atoms with Gasteiger partial charge in [-0.1, -0.05) is 20.3 Å². The lowest BCUT2D eigenvalue weighted by Crippen LogP contribution is -2.11. The van der Waals surface area contributed by atoms with Crippen LogP contribution in [0, 0.1) is 12.8 Å². The van der Waals surface area contributed by atoms with E-state index in [1.54, 1.807) is 6.07 Å². The largest absolute Gasteiger partial charge is 0.399 e. The minimum Gasteiger partial charge on any atom is -0.399 e. The van der Waals surface area contributed by atoms with Crippen LogP contribution in [0.25, 0.3) is 0 Å². The van der Waals surface area contributed by atoms with Crippen molar-refractivity contribution in [3.05, 3.63) is 29.3 Å². The van der Waals surface area contributed by atoms with Gasteiger partial charge in [0, 0.05) is 17.2 Å². The monoisotopic (exact) mass is 205 g/mol. The molecule has 1 aromatic rings. The fraction of sp³-hybridized carbons (Fsp3) is 0.462. The molecule has 0 amide bonds. The first-order valence-corrected chi connectivity index (χ1v) is 5.46. The zero-order valence-electron chi connectivity index (χ0n) is 9.71. The first kappa shape index (κ1) is 11.8. The Morgan fingerprint density at radius 1 is 1.47 bits per heavy atom. The van der Waals surface area contributed by atoms with Crippen LogP contribution in [0.15, 0.2) is 18.2 Å². The molecule has 82 valence electrons. The van der Waals surface area contributed by atoms with E-state index >= 15 is 0 Å². The second kappa shape index (κ2) is 4.96. The van der Waals surface area contributed by atoms with E-state index in [0.29, 0.717) is 0 Å². The summed E-state index contributed by atoms with van der Waals surface area (Å²) in [5, 5.41) is 0. The SMILES string of the molecule is CCCC(C)C(=O)c1ccc(N)c(C)c1. The number of hydrogen-bond donors (Lipinski definition) is 1. The van der Waals surface area contributed by atoms with Crippen molar-refractivity contribution in [2.75, 3.05) is 5.73 Å². The first-order valence-electron chi connectivity index (χ1n) is 5.46. The summed E-state index contributed by atoms with van der Waals surface area (Å²) in [6, 6.07) is 5.50. The Morgan fingerprint density at radius 2 is 2.13 bits per heavy atom. The summed E-state index contributed by atoms with van der Waals surface area (Å²) in [5.41, 5.74) is 8.21. The molecule has 0 aromatic heterocycles. The van der Waals surface area contributed by atoms with Crippen molar-refractivity contribution in [1.82, 2.24) is 0 Å². The third kappa shape index (κ3) is 2.82. The maximum Gasteiger partial charge on any atom is 0.165 e. The summed E-state index contributed by atoms with van der Waals surface area (Å²) in [6.07, 6.45) is 1.99. The zero-order valence-corrected chi connectivity index (χ0v) is 9.71. The van der Waals surface area contributed by atoms with Crippen LogP contribution in [0.5, 0.6) is 0 Å². The van der Waals surface area contributed by atoms with E-state index in [9.17, 15) is 4.79 Å². The van der Waals surface area contributed by atoms with Gasteiger partial charge in [0.15, 0.2) is 5.78 Å². The molecule has 1 aromatic carbocycles. The number of anilines is 1. The van der Waals surface area contributed by atoms with Crippen molar-refractivity contribution >= 4 is 11.5 Å². The van der Waals surface area contributed by atoms with Crippen LogP contribution in [-0.2, 0) is 0 Å². The summed E-state index contributed by atoms with van der Waals surface area (Å²) < 4.78 is 0. The number of rotatable bonds is 4. The summed E-state index contributed by atoms with van der Waals surface area (Å²) >= 11 is 0. The van der Waals surface area contributed by atoms with Crippen LogP contribution in [-0.4, -0.2) is 5.78 Å². The quantitative estimate of drug-likeness (QED) is 0.606. The summed E-state index contributed by atoms with van der Waals surface area (Å²) in [6.45, 7) is 6.01. The Kier molecular flexibility index (Phi) is 3.89. The molecule has 15 heavy (non-hydrogen) atoms. The third-order valence-electron chi connectivity index (χ3n) is 2.72. The lowest BCUT2D eigenvalue weighted by molar-refractivity contribution is 0.0923. The zero-order chi connectivity index (χ0) is 11.4. The van der Waals surface area contributed by atoms with Crippen LogP contribution in [0.1, 0.15) is 42.6 Å². The fourth-order valence-electron chi connectivity index (χ4n) is 1.68. The second-order valence-electron chi connectivity index (χ2n) is 4.13. The summed E-state index contributed by atoms with van der Waals surface area (Å²) in [5.74, 6) is 0.331. The molecule has 0 saturated carbocycles. The number of hydrogen-bond acceptors (Lipinski definition) is 2. The highest BCUT2D eigenvalue weighted by molar-refractivity contribution is 5.98. The number of ketones is 1. The number of carbonyl (C=O) groups is 1. The number of nitrogen functional groups attached to an aromatic ring is 1. The molecule has 1 rings (SSSR count). The number of Topliss-reactive ketones (excluding diaryl/α,β-unsaturated/α-hetero) is 1. The number of aryl methyl sites for hydroxylation is 1. The van der Waals surface area contributed by atoms with E-state index in [-0.39, 0.29) is 11.7 Å². The lowest BCUT2D eigenvalue weighted by Gasteiger charge is -2.10. The number of benzene rings is 1. The van der Waals surface area contributed by atoms with Crippen LogP contribution in [0.2, 0.25) is 0 Å². The molecule has 0 fully saturated rings. The van der Waals surface area contributed by atoms with E-state index in [1.807, 2.05) is 26.0 Å². The highest BCUT2D eigenvalue weighted by Gasteiger charge is 2.14. The molecular formula is C13H19NO. The lowest BCUT2D eigenvalue weighted by atomic mass is 9.94. The van der Waals surface area contributed by atoms with Gasteiger partial charge in [-0.2, -0.15) is 0 Å². The smallest absolute Gasteiger partial charge is 0.165 e. The van der Waals surface area contributed by atoms with E-state index in [1.165, 1.54) is 0 Å². The minimum atomic E-state index is 0.109. The molecule has 0 saturated heterocycles. The van der Waals surface area contributed by atoms with Crippen molar-refractivity contribution in [3.8, 4) is 0 Å². The predicted octanol–water partition coefficient (Wildman–Crippen LogP) is 3.20. The molecule has 0 bridgehead atoms. The summed E-state index contributed by atoms with van der Waals surface area (Å²) in [7, 11) is 0. The van der Waals surface area contributed by atoms with Crippen molar-refractivity contribution in [2.24, 2.45) is 5.92 Å². The topological polar surface area (TPSA) is 43.1 Å². The van der Waals surface area contributed by atoms with Gasteiger partial charge in [0.2, 0.25) is 0 Å². The molecule has 1 unspecified atom stereocenters. The van der Waals surface area contributed by atoms with Crippen molar-refractivity contribution in [1.29, 1.82) is 0 Å². The number of nitrogens with two attached hydrogens (primary N) is 1. The van der Waals surface area contributed by atoms with Crippen LogP contribution < -0.4 is 5.73 Å². The van der Waals surface area contributed by atoms with Gasteiger partial charge < -0.3 is 5.73 Å². The average Bonchev–Trinajstić information content (AvgIpc) is 2.21. The molecule has 0 heterocycles. The van der Waals surface area contributed by atoms with Gasteiger partial charge in [0.05, 0.1) is 0 Å². The fourth-order valence-corrected chi connectivity index (χ4v) is 1.68. The van der Waals surface area contributed by atoms with Crippen LogP contribution >= 0.6 is 0 Å². The molecule has 0 aliphatic carbocycles. The van der Waals surface area contributed by atoms with Gasteiger partial charge in [-0.25, -0.2) is 0 Å². The third-order valence-corrected chi connectivity index (χ3v) is 2.72. The van der Waals surface area contributed by atoms with Crippen LogP contribution in [0.4, 0.5) is 5.69 Å². The Morgan fingerprint density at radius 3 is 2.67 bits per heavy atom. The highest BCUT2D eigenvalue weighted by atomic mass is 16.1. The van der Waals surface area contributed by atoms with E-state index in [2.05, 4.69) is 6.92 Å². The average molecular weight is 205 g/mol. The normalized spacial score (nSPS) is 12.5. The Balaban J connectivity index is 2.87. The first-order chi connectivity index (χ1) is 7.06. The maximum absolute atomic E-state index is 12.0. The minimum absolute atomic E-state index is 0.109. The molecule has 2 N–H and O–H groups in total. The van der Waals surface area contributed by atoms with Gasteiger partial charge >= 0.3 is 0 Å². The van der Waals surface area contributed by atoms with E-state index < -0.39 is 0 Å². The molecule has 2 nitrogen and oxygen atoms in total. The standard InChI is InChI=1S/C13H19NO/c1-4-5-9(2)13(15)11-6-7-12(14)10(3)8-11/h6-9H,4-5,14H2,1-3H3. The van der Waals surface area contributed by atoms with Crippen molar-refractivity contribution < 1.29 is 4.79 Å². The van der Waals surface area contributed by atoms with E-state index in [0.717, 1.165) is 29.7 Å². The second-order valence-corrected chi connectivity index (χ2v) is 4.13. The molecule has 1 atom stereocenters. The van der Waals surface area contributed by atoms with Gasteiger partial charge in [-0.3, -0.25) is 4.79 Å². The summed E-state index contributed by atoms with van der Waals surface area (Å²) in [4.78, 5) is 12.0. The van der Waals surface area contributed by atoms with Gasteiger partial charge in [0.1, 0.15) is 0 Å². The molecule has 0 radical (unpaired) electrons. The molecule has 0 aliphatic rings. The molecule has 0 aliphatic heterocycles. The van der Waals surface area contributed by atoms with Gasteiger partial charge in [-0.15, -0.1) is 0 Å². The Hall–Kier alpha value is -1.31.